The first-order chi connectivity index (χ1) is 23.9. The van der Waals surface area contributed by atoms with Crippen molar-refractivity contribution in [3.05, 3.63) is 53.3 Å². The van der Waals surface area contributed by atoms with Crippen molar-refractivity contribution in [3.8, 4) is 5.75 Å². The lowest BCUT2D eigenvalue weighted by Gasteiger charge is -2.33. The number of benzene rings is 2. The van der Waals surface area contributed by atoms with E-state index < -0.39 is 80.2 Å². The lowest BCUT2D eigenvalue weighted by Crippen LogP contribution is -2.51. The number of hydrogen-bond donors (Lipinski definition) is 2. The maximum absolute atomic E-state index is 16.5. The normalized spacial score (nSPS) is 15.0. The van der Waals surface area contributed by atoms with Crippen LogP contribution in [-0.2, 0) is 41.5 Å². The van der Waals surface area contributed by atoms with E-state index in [1.807, 2.05) is 6.07 Å². The highest BCUT2D eigenvalue weighted by molar-refractivity contribution is 5.92. The van der Waals surface area contributed by atoms with Gasteiger partial charge in [0.15, 0.2) is 5.82 Å². The molecule has 1 aliphatic heterocycles. The third-order valence-corrected chi connectivity index (χ3v) is 7.21. The summed E-state index contributed by atoms with van der Waals surface area (Å²) >= 11 is 0. The van der Waals surface area contributed by atoms with Crippen LogP contribution in [-0.4, -0.2) is 105 Å². The molecule has 2 atom stereocenters. The lowest BCUT2D eigenvalue weighted by molar-refractivity contribution is -0.152. The number of fused-ring (bicyclic) bond motifs is 1. The second-order valence-corrected chi connectivity index (χ2v) is 13.7. The number of anilines is 2. The van der Waals surface area contributed by atoms with Crippen LogP contribution in [0, 0.1) is 5.82 Å². The van der Waals surface area contributed by atoms with Crippen molar-refractivity contribution >= 4 is 29.5 Å². The number of halogens is 3. The van der Waals surface area contributed by atoms with Crippen LogP contribution < -0.4 is 15.0 Å². The van der Waals surface area contributed by atoms with E-state index in [4.69, 9.17) is 28.4 Å². The van der Waals surface area contributed by atoms with Crippen molar-refractivity contribution < 1.29 is 61.1 Å². The summed E-state index contributed by atoms with van der Waals surface area (Å²) in [5.41, 5.74) is -1.44. The predicted octanol–water partition coefficient (Wildman–Crippen LogP) is 6.08. The fraction of sp³-hybridized carbons (Fsp3) is 0.571. The van der Waals surface area contributed by atoms with Crippen LogP contribution in [0.3, 0.4) is 0 Å². The summed E-state index contributed by atoms with van der Waals surface area (Å²) in [6.07, 6.45) is -7.64. The average molecular weight is 728 g/mol. The number of carbonyl (C=O) groups is 3. The number of nitrogens with one attached hydrogen (secondary N) is 1. The lowest BCUT2D eigenvalue weighted by atomic mass is 10.1. The van der Waals surface area contributed by atoms with Gasteiger partial charge in [-0.3, -0.25) is 9.69 Å². The average Bonchev–Trinajstić information content (AvgIpc) is 3.39. The zero-order valence-electron chi connectivity index (χ0n) is 30.0. The number of esters is 1. The van der Waals surface area contributed by atoms with Gasteiger partial charge < -0.3 is 43.7 Å². The quantitative estimate of drug-likeness (QED) is 0.111. The molecule has 2 N–H and O–H groups in total. The highest BCUT2D eigenvalue weighted by atomic mass is 19.3. The van der Waals surface area contributed by atoms with E-state index in [-0.39, 0.29) is 48.9 Å². The van der Waals surface area contributed by atoms with Crippen molar-refractivity contribution in [2.75, 3.05) is 57.0 Å². The Kier molecular flexibility index (Phi) is 14.7. The molecule has 0 fully saturated rings. The first-order valence-electron chi connectivity index (χ1n) is 16.3. The van der Waals surface area contributed by atoms with E-state index >= 15 is 4.39 Å². The molecule has 2 aromatic rings. The summed E-state index contributed by atoms with van der Waals surface area (Å²) < 4.78 is 76.7. The largest absolute Gasteiger partial charge is 0.487 e. The smallest absolute Gasteiger partial charge is 0.412 e. The van der Waals surface area contributed by atoms with Crippen LogP contribution >= 0.6 is 0 Å². The fourth-order valence-electron chi connectivity index (χ4n) is 5.11. The maximum atomic E-state index is 16.5. The van der Waals surface area contributed by atoms with Gasteiger partial charge in [0.05, 0.1) is 31.5 Å². The third-order valence-electron chi connectivity index (χ3n) is 7.21. The van der Waals surface area contributed by atoms with Gasteiger partial charge in [-0.25, -0.2) is 22.8 Å². The van der Waals surface area contributed by atoms with Gasteiger partial charge in [-0.15, -0.1) is 0 Å². The Morgan fingerprint density at radius 3 is 2.29 bits per heavy atom. The second kappa shape index (κ2) is 18.3. The van der Waals surface area contributed by atoms with Gasteiger partial charge in [0.1, 0.15) is 48.7 Å². The molecule has 0 aliphatic carbocycles. The molecular weight excluding hydrogens is 679 g/mol. The highest BCUT2D eigenvalue weighted by Crippen LogP contribution is 2.43. The Bertz CT molecular complexity index is 1470. The van der Waals surface area contributed by atoms with Crippen molar-refractivity contribution in [3.63, 3.8) is 0 Å². The molecule has 2 amide bonds. The molecule has 16 heteroatoms. The molecule has 0 saturated carbocycles. The van der Waals surface area contributed by atoms with Gasteiger partial charge in [-0.05, 0) is 47.1 Å². The van der Waals surface area contributed by atoms with Crippen LogP contribution in [0.4, 0.5) is 34.1 Å². The minimum absolute atomic E-state index is 0.0205. The molecule has 51 heavy (non-hydrogen) atoms. The zero-order chi connectivity index (χ0) is 37.9. The number of nitrogens with zero attached hydrogens (tertiary/aromatic N) is 2. The summed E-state index contributed by atoms with van der Waals surface area (Å²) in [6.45, 7) is 7.95. The number of amides is 2. The molecule has 3 rings (SSSR count). The summed E-state index contributed by atoms with van der Waals surface area (Å²) in [5, 5.41) is 13.1. The molecule has 0 spiro atoms. The van der Waals surface area contributed by atoms with Gasteiger partial charge in [-0.2, -0.15) is 0 Å². The Morgan fingerprint density at radius 1 is 1.04 bits per heavy atom. The molecule has 2 aromatic carbocycles. The number of carboxylic acid groups (broad SMARTS) is 1. The summed E-state index contributed by atoms with van der Waals surface area (Å²) in [7, 11) is 1.44. The van der Waals surface area contributed by atoms with Crippen molar-refractivity contribution in [2.45, 2.75) is 84.3 Å². The minimum atomic E-state index is -3.06. The van der Waals surface area contributed by atoms with E-state index in [0.717, 1.165) is 15.4 Å². The Balaban J connectivity index is 1.97. The van der Waals surface area contributed by atoms with E-state index in [1.54, 1.807) is 65.8 Å². The molecule has 13 nitrogen and oxygen atoms in total. The van der Waals surface area contributed by atoms with Crippen LogP contribution in [0.15, 0.2) is 36.4 Å². The van der Waals surface area contributed by atoms with E-state index in [9.17, 15) is 28.3 Å². The number of methoxy groups -OCH3 is 1. The second-order valence-electron chi connectivity index (χ2n) is 13.7. The van der Waals surface area contributed by atoms with Gasteiger partial charge in [-0.1, -0.05) is 30.3 Å². The molecule has 0 radical (unpaired) electrons. The van der Waals surface area contributed by atoms with E-state index in [2.05, 4.69) is 5.32 Å². The number of rotatable bonds is 17. The molecule has 1 aliphatic rings. The van der Waals surface area contributed by atoms with Gasteiger partial charge in [0, 0.05) is 31.7 Å². The number of alkyl halides is 2. The van der Waals surface area contributed by atoms with Crippen LogP contribution in [0.2, 0.25) is 0 Å². The van der Waals surface area contributed by atoms with Crippen molar-refractivity contribution in [1.29, 1.82) is 0 Å². The summed E-state index contributed by atoms with van der Waals surface area (Å²) in [6, 6.07) is 9.13. The fourth-order valence-corrected chi connectivity index (χ4v) is 5.11. The summed E-state index contributed by atoms with van der Waals surface area (Å²) in [5.74, 6) is -1.65. The monoisotopic (exact) mass is 727 g/mol. The molecule has 0 bridgehead atoms. The molecule has 0 aromatic heterocycles. The Hall–Kier alpha value is -4.28. The number of carbonyl (C=O) groups excluding carboxylic acids is 2. The first kappa shape index (κ1) is 41.1. The predicted molar refractivity (Wildman–Crippen MR) is 181 cm³/mol. The Labute approximate surface area is 295 Å². The standard InChI is InChI=1S/C35H48F3N3O10/c1-34(2,3)50-28(42)17-39-30-26(48-20-22-11-9-8-10-12-22)16-25-24(29(30)36)15-23(41(25)32(43)44)18-40(33(45)51-35(4,5)6)19-27(31(37)38)49-21-47-14-13-46-7/h8-12,16,23,27,31,39H,13-15,17-21H2,1-7H3,(H,43,44)/t23-,27?/m1/s1. The molecule has 1 heterocycles. The molecule has 1 unspecified atom stereocenters. The van der Waals surface area contributed by atoms with Crippen molar-refractivity contribution in [2.24, 2.45) is 0 Å². The van der Waals surface area contributed by atoms with E-state index in [0.29, 0.717) is 0 Å². The van der Waals surface area contributed by atoms with E-state index in [1.165, 1.54) is 13.2 Å². The summed E-state index contributed by atoms with van der Waals surface area (Å²) in [4.78, 5) is 40.4. The number of ether oxygens (including phenoxy) is 6. The Morgan fingerprint density at radius 2 is 1.71 bits per heavy atom. The van der Waals surface area contributed by atoms with Crippen LogP contribution in [0.5, 0.6) is 5.75 Å². The first-order valence-corrected chi connectivity index (χ1v) is 16.3. The number of hydrogen-bond acceptors (Lipinski definition) is 10. The van der Waals surface area contributed by atoms with Gasteiger partial charge in [0.25, 0.3) is 6.43 Å². The van der Waals surface area contributed by atoms with Gasteiger partial charge in [0.2, 0.25) is 0 Å². The van der Waals surface area contributed by atoms with Crippen LogP contribution in [0.1, 0.15) is 52.7 Å². The molecular formula is C35H48F3N3O10. The highest BCUT2D eigenvalue weighted by Gasteiger charge is 2.41. The SMILES string of the molecule is COCCOCOC(CN(C[C@H]1Cc2c(cc(OCc3ccccc3)c(NCC(=O)OC(C)(C)C)c2F)N1C(=O)O)C(=O)OC(C)(C)C)C(F)F. The minimum Gasteiger partial charge on any atom is -0.487 e. The van der Waals surface area contributed by atoms with Crippen molar-refractivity contribution in [1.82, 2.24) is 4.90 Å². The topological polar surface area (TPSA) is 145 Å². The van der Waals surface area contributed by atoms with Crippen LogP contribution in [0.25, 0.3) is 0 Å². The van der Waals surface area contributed by atoms with Gasteiger partial charge >= 0.3 is 18.2 Å². The molecule has 0 saturated heterocycles. The third kappa shape index (κ3) is 12.8. The molecule has 284 valence electrons. The zero-order valence-corrected chi connectivity index (χ0v) is 30.0. The maximum Gasteiger partial charge on any atom is 0.412 e.